The monoisotopic (exact) mass is 408 g/mol. The number of benzene rings is 3. The molecule has 0 aliphatic heterocycles. The average Bonchev–Trinajstić information content (AvgIpc) is 2.74. The summed E-state index contributed by atoms with van der Waals surface area (Å²) >= 11 is 0. The summed E-state index contributed by atoms with van der Waals surface area (Å²) in [5.41, 5.74) is -0.428. The van der Waals surface area contributed by atoms with Crippen molar-refractivity contribution in [2.75, 3.05) is 5.32 Å². The van der Waals surface area contributed by atoms with Crippen LogP contribution in [0.4, 0.5) is 18.9 Å². The number of hydrogen-bond acceptors (Lipinski definition) is 3. The second-order valence-electron chi connectivity index (χ2n) is 6.15. The molecule has 0 fully saturated rings. The summed E-state index contributed by atoms with van der Waals surface area (Å²) in [7, 11) is 0. The molecule has 0 spiro atoms. The Hall–Kier alpha value is -4.05. The number of nitrogens with one attached hydrogen (secondary N) is 1. The highest BCUT2D eigenvalue weighted by molar-refractivity contribution is 6.10. The van der Waals surface area contributed by atoms with Gasteiger partial charge in [-0.3, -0.25) is 4.79 Å². The normalized spacial score (nSPS) is 11.5. The molecule has 1 N–H and O–H groups in total. The number of hydrogen-bond donors (Lipinski definition) is 1. The molecule has 0 aliphatic carbocycles. The van der Waals surface area contributed by atoms with E-state index in [9.17, 15) is 23.2 Å². The summed E-state index contributed by atoms with van der Waals surface area (Å²) in [6.45, 7) is 0. The van der Waals surface area contributed by atoms with Gasteiger partial charge in [0.1, 0.15) is 17.4 Å². The number of ether oxygens (including phenoxy) is 1. The van der Waals surface area contributed by atoms with E-state index in [-0.39, 0.29) is 5.57 Å². The first-order valence-corrected chi connectivity index (χ1v) is 8.79. The number of halogens is 3. The van der Waals surface area contributed by atoms with E-state index in [4.69, 9.17) is 4.74 Å². The lowest BCUT2D eigenvalue weighted by Gasteiger charge is -2.12. The molecule has 3 aromatic rings. The van der Waals surface area contributed by atoms with Crippen LogP contribution in [0.5, 0.6) is 11.5 Å². The van der Waals surface area contributed by atoms with Crippen LogP contribution in [0.15, 0.2) is 84.4 Å². The van der Waals surface area contributed by atoms with Gasteiger partial charge in [-0.2, -0.15) is 18.4 Å². The molecule has 1 amide bonds. The molecule has 7 heteroatoms. The van der Waals surface area contributed by atoms with E-state index < -0.39 is 17.6 Å². The van der Waals surface area contributed by atoms with Gasteiger partial charge in [0.2, 0.25) is 0 Å². The Morgan fingerprint density at radius 2 is 1.57 bits per heavy atom. The molecule has 0 aliphatic rings. The standard InChI is InChI=1S/C23H15F3N2O2/c24-23(25,26)18-12-10-16(11-13-18)14-17(15-27)22(29)28-20-8-4-5-9-21(20)30-19-6-2-1-3-7-19/h1-14H,(H,28,29). The Morgan fingerprint density at radius 1 is 0.933 bits per heavy atom. The summed E-state index contributed by atoms with van der Waals surface area (Å²) in [5.74, 6) is 0.241. The molecule has 0 heterocycles. The molecule has 0 unspecified atom stereocenters. The number of rotatable bonds is 5. The molecule has 4 nitrogen and oxygen atoms in total. The van der Waals surface area contributed by atoms with E-state index in [0.717, 1.165) is 12.1 Å². The first-order chi connectivity index (χ1) is 14.4. The van der Waals surface area contributed by atoms with Gasteiger partial charge in [0, 0.05) is 0 Å². The largest absolute Gasteiger partial charge is 0.455 e. The first-order valence-electron chi connectivity index (χ1n) is 8.79. The summed E-state index contributed by atoms with van der Waals surface area (Å²) in [6, 6.07) is 21.6. The molecule has 0 atom stereocenters. The summed E-state index contributed by atoms with van der Waals surface area (Å²) in [6.07, 6.45) is -3.24. The smallest absolute Gasteiger partial charge is 0.416 e. The molecule has 0 saturated heterocycles. The van der Waals surface area contributed by atoms with Crippen molar-refractivity contribution in [2.45, 2.75) is 6.18 Å². The van der Waals surface area contributed by atoms with E-state index in [0.29, 0.717) is 22.7 Å². The maximum absolute atomic E-state index is 12.7. The lowest BCUT2D eigenvalue weighted by molar-refractivity contribution is -0.137. The van der Waals surface area contributed by atoms with Crippen LogP contribution in [-0.2, 0) is 11.0 Å². The maximum atomic E-state index is 12.7. The number of nitrogens with zero attached hydrogens (tertiary/aromatic N) is 1. The van der Waals surface area contributed by atoms with Gasteiger partial charge in [0.15, 0.2) is 5.75 Å². The number of carbonyl (C=O) groups is 1. The number of nitriles is 1. The lowest BCUT2D eigenvalue weighted by Crippen LogP contribution is -2.14. The van der Waals surface area contributed by atoms with Crippen LogP contribution in [0.2, 0.25) is 0 Å². The molecule has 0 aromatic heterocycles. The summed E-state index contributed by atoms with van der Waals surface area (Å²) in [4.78, 5) is 12.5. The van der Waals surface area contributed by atoms with E-state index in [2.05, 4.69) is 5.32 Å². The van der Waals surface area contributed by atoms with Gasteiger partial charge in [-0.15, -0.1) is 0 Å². The summed E-state index contributed by atoms with van der Waals surface area (Å²) in [5, 5.41) is 11.9. The number of anilines is 1. The molecule has 0 bridgehead atoms. The highest BCUT2D eigenvalue weighted by Crippen LogP contribution is 2.30. The minimum absolute atomic E-state index is 0.260. The Morgan fingerprint density at radius 3 is 2.20 bits per heavy atom. The quantitative estimate of drug-likeness (QED) is 0.413. The van der Waals surface area contributed by atoms with E-state index >= 15 is 0 Å². The minimum atomic E-state index is -4.46. The number of para-hydroxylation sites is 3. The third-order valence-electron chi connectivity index (χ3n) is 4.02. The van der Waals surface area contributed by atoms with Gasteiger partial charge in [-0.05, 0) is 48.0 Å². The van der Waals surface area contributed by atoms with Crippen LogP contribution < -0.4 is 10.1 Å². The molecule has 3 aromatic carbocycles. The molecule has 150 valence electrons. The van der Waals surface area contributed by atoms with Gasteiger partial charge in [0.05, 0.1) is 11.3 Å². The molecule has 0 radical (unpaired) electrons. The van der Waals surface area contributed by atoms with Crippen molar-refractivity contribution in [3.8, 4) is 17.6 Å². The fraction of sp³-hybridized carbons (Fsp3) is 0.0435. The van der Waals surface area contributed by atoms with Crippen LogP contribution in [0.1, 0.15) is 11.1 Å². The Labute approximate surface area is 170 Å². The molecular formula is C23H15F3N2O2. The van der Waals surface area contributed by atoms with Crippen molar-refractivity contribution in [3.63, 3.8) is 0 Å². The van der Waals surface area contributed by atoms with Crippen LogP contribution in [-0.4, -0.2) is 5.91 Å². The van der Waals surface area contributed by atoms with Gasteiger partial charge in [-0.25, -0.2) is 0 Å². The van der Waals surface area contributed by atoms with Gasteiger partial charge in [0.25, 0.3) is 5.91 Å². The number of alkyl halides is 3. The topological polar surface area (TPSA) is 62.1 Å². The zero-order valence-corrected chi connectivity index (χ0v) is 15.5. The predicted octanol–water partition coefficient (Wildman–Crippen LogP) is 6.04. The van der Waals surface area contributed by atoms with Crippen molar-refractivity contribution in [1.29, 1.82) is 5.26 Å². The fourth-order valence-electron chi connectivity index (χ4n) is 2.55. The molecular weight excluding hydrogens is 393 g/mol. The average molecular weight is 408 g/mol. The second-order valence-corrected chi connectivity index (χ2v) is 6.15. The van der Waals surface area contributed by atoms with Crippen molar-refractivity contribution in [2.24, 2.45) is 0 Å². The lowest BCUT2D eigenvalue weighted by atomic mass is 10.1. The SMILES string of the molecule is N#CC(=Cc1ccc(C(F)(F)F)cc1)C(=O)Nc1ccccc1Oc1ccccc1. The zero-order chi connectivity index (χ0) is 21.6. The second kappa shape index (κ2) is 8.97. The highest BCUT2D eigenvalue weighted by Gasteiger charge is 2.29. The zero-order valence-electron chi connectivity index (χ0n) is 15.5. The number of carbonyl (C=O) groups excluding carboxylic acids is 1. The first kappa shape index (κ1) is 20.7. The van der Waals surface area contributed by atoms with Gasteiger partial charge >= 0.3 is 6.18 Å². The van der Waals surface area contributed by atoms with E-state index in [1.54, 1.807) is 54.6 Å². The Bertz CT molecular complexity index is 1100. The highest BCUT2D eigenvalue weighted by atomic mass is 19.4. The Kier molecular flexibility index (Phi) is 6.18. The third kappa shape index (κ3) is 5.26. The molecule has 0 saturated carbocycles. The summed E-state index contributed by atoms with van der Waals surface area (Å²) < 4.78 is 43.8. The minimum Gasteiger partial charge on any atom is -0.455 e. The van der Waals surface area contributed by atoms with Gasteiger partial charge < -0.3 is 10.1 Å². The van der Waals surface area contributed by atoms with E-state index in [1.165, 1.54) is 18.2 Å². The molecule has 3 rings (SSSR count). The van der Waals surface area contributed by atoms with Crippen molar-refractivity contribution >= 4 is 17.7 Å². The van der Waals surface area contributed by atoms with Crippen LogP contribution in [0.3, 0.4) is 0 Å². The predicted molar refractivity (Wildman–Crippen MR) is 107 cm³/mol. The fourth-order valence-corrected chi connectivity index (χ4v) is 2.55. The van der Waals surface area contributed by atoms with Crippen molar-refractivity contribution in [3.05, 3.63) is 95.6 Å². The van der Waals surface area contributed by atoms with Crippen molar-refractivity contribution < 1.29 is 22.7 Å². The third-order valence-corrected chi connectivity index (χ3v) is 4.02. The van der Waals surface area contributed by atoms with Crippen molar-refractivity contribution in [1.82, 2.24) is 0 Å². The number of amides is 1. The maximum Gasteiger partial charge on any atom is 0.416 e. The van der Waals surface area contributed by atoms with Crippen LogP contribution in [0, 0.1) is 11.3 Å². The van der Waals surface area contributed by atoms with Gasteiger partial charge in [-0.1, -0.05) is 42.5 Å². The Balaban J connectivity index is 1.79. The van der Waals surface area contributed by atoms with E-state index in [1.807, 2.05) is 6.07 Å². The van der Waals surface area contributed by atoms with Crippen LogP contribution in [0.25, 0.3) is 6.08 Å². The van der Waals surface area contributed by atoms with Crippen LogP contribution >= 0.6 is 0 Å². The molecule has 30 heavy (non-hydrogen) atoms.